The van der Waals surface area contributed by atoms with E-state index in [0.717, 1.165) is 6.20 Å². The molecular weight excluding hydrogens is 249 g/mol. The van der Waals surface area contributed by atoms with E-state index in [2.05, 4.69) is 4.98 Å². The van der Waals surface area contributed by atoms with Gasteiger partial charge in [0.25, 0.3) is 0 Å². The molecule has 1 aromatic heterocycles. The van der Waals surface area contributed by atoms with Gasteiger partial charge in [-0.3, -0.25) is 4.98 Å². The van der Waals surface area contributed by atoms with Crippen molar-refractivity contribution in [3.8, 4) is 11.5 Å². The summed E-state index contributed by atoms with van der Waals surface area (Å²) in [5.41, 5.74) is 0.848. The van der Waals surface area contributed by atoms with Crippen LogP contribution >= 0.6 is 0 Å². The van der Waals surface area contributed by atoms with Crippen molar-refractivity contribution in [3.05, 3.63) is 53.6 Å². The van der Waals surface area contributed by atoms with Gasteiger partial charge in [-0.25, -0.2) is 4.39 Å². The van der Waals surface area contributed by atoms with Crippen LogP contribution in [-0.4, -0.2) is 24.3 Å². The number of aliphatic hydroxyl groups excluding tert-OH is 1. The van der Waals surface area contributed by atoms with Gasteiger partial charge in [-0.15, -0.1) is 0 Å². The van der Waals surface area contributed by atoms with Crippen molar-refractivity contribution in [2.75, 3.05) is 14.2 Å². The first-order valence-corrected chi connectivity index (χ1v) is 5.66. The number of hydrogen-bond acceptors (Lipinski definition) is 4. The number of nitrogens with zero attached hydrogens (tertiary/aromatic N) is 1. The molecule has 0 radical (unpaired) electrons. The Balaban J connectivity index is 2.44. The highest BCUT2D eigenvalue weighted by atomic mass is 19.1. The van der Waals surface area contributed by atoms with Crippen molar-refractivity contribution in [2.24, 2.45) is 0 Å². The first kappa shape index (κ1) is 13.3. The molecule has 0 aliphatic carbocycles. The third-order valence-corrected chi connectivity index (χ3v) is 2.77. The summed E-state index contributed by atoms with van der Waals surface area (Å²) in [6.07, 6.45) is 1.46. The average Bonchev–Trinajstić information content (AvgIpc) is 2.45. The minimum atomic E-state index is -1.03. The Kier molecular flexibility index (Phi) is 3.97. The molecule has 2 rings (SSSR count). The van der Waals surface area contributed by atoms with Crippen molar-refractivity contribution in [3.63, 3.8) is 0 Å². The second-order valence-electron chi connectivity index (χ2n) is 3.95. The fraction of sp³-hybridized carbons (Fsp3) is 0.214. The highest BCUT2D eigenvalue weighted by Gasteiger charge is 2.17. The lowest BCUT2D eigenvalue weighted by molar-refractivity contribution is 0.213. The van der Waals surface area contributed by atoms with Crippen LogP contribution in [0.4, 0.5) is 4.39 Å². The second kappa shape index (κ2) is 5.67. The molecule has 4 nitrogen and oxygen atoms in total. The van der Waals surface area contributed by atoms with E-state index in [0.29, 0.717) is 22.6 Å². The predicted octanol–water partition coefficient (Wildman–Crippen LogP) is 2.32. The molecule has 2 aromatic rings. The molecule has 100 valence electrons. The van der Waals surface area contributed by atoms with Gasteiger partial charge >= 0.3 is 0 Å². The van der Waals surface area contributed by atoms with E-state index in [4.69, 9.17) is 9.47 Å². The standard InChI is InChI=1S/C14H14FNO3/c1-18-11-3-4-13(19-2)12(6-11)14(17)9-5-10(15)8-16-7-9/h3-8,14,17H,1-2H3. The van der Waals surface area contributed by atoms with Crippen LogP contribution < -0.4 is 9.47 Å². The monoisotopic (exact) mass is 263 g/mol. The highest BCUT2D eigenvalue weighted by Crippen LogP contribution is 2.32. The number of pyridine rings is 1. The lowest BCUT2D eigenvalue weighted by Crippen LogP contribution is -2.04. The molecule has 0 aliphatic rings. The van der Waals surface area contributed by atoms with E-state index in [9.17, 15) is 9.50 Å². The van der Waals surface area contributed by atoms with E-state index in [1.165, 1.54) is 26.5 Å². The fourth-order valence-corrected chi connectivity index (χ4v) is 1.81. The van der Waals surface area contributed by atoms with E-state index < -0.39 is 11.9 Å². The second-order valence-corrected chi connectivity index (χ2v) is 3.95. The molecule has 0 bridgehead atoms. The largest absolute Gasteiger partial charge is 0.497 e. The molecule has 0 fully saturated rings. The molecule has 0 saturated heterocycles. The maximum atomic E-state index is 13.1. The van der Waals surface area contributed by atoms with Crippen LogP contribution in [0.25, 0.3) is 0 Å². The van der Waals surface area contributed by atoms with Gasteiger partial charge in [-0.05, 0) is 24.3 Å². The number of benzene rings is 1. The van der Waals surface area contributed by atoms with Gasteiger partial charge in [0.05, 0.1) is 20.4 Å². The minimum absolute atomic E-state index is 0.353. The van der Waals surface area contributed by atoms with Gasteiger partial charge < -0.3 is 14.6 Å². The van der Waals surface area contributed by atoms with Crippen LogP contribution in [0.2, 0.25) is 0 Å². The van der Waals surface area contributed by atoms with E-state index in [-0.39, 0.29) is 0 Å². The van der Waals surface area contributed by atoms with Gasteiger partial charge in [0.15, 0.2) is 0 Å². The highest BCUT2D eigenvalue weighted by molar-refractivity contribution is 5.44. The van der Waals surface area contributed by atoms with Crippen LogP contribution in [0, 0.1) is 5.82 Å². The summed E-state index contributed by atoms with van der Waals surface area (Å²) in [6.45, 7) is 0. The number of aliphatic hydroxyl groups is 1. The predicted molar refractivity (Wildman–Crippen MR) is 67.8 cm³/mol. The van der Waals surface area contributed by atoms with Crippen molar-refractivity contribution < 1.29 is 19.0 Å². The molecule has 1 unspecified atom stereocenters. The summed E-state index contributed by atoms with van der Waals surface area (Å²) in [5, 5.41) is 10.3. The Morgan fingerprint density at radius 2 is 1.95 bits per heavy atom. The van der Waals surface area contributed by atoms with Gasteiger partial charge in [0.1, 0.15) is 23.4 Å². The molecule has 1 heterocycles. The van der Waals surface area contributed by atoms with Gasteiger partial charge in [-0.2, -0.15) is 0 Å². The minimum Gasteiger partial charge on any atom is -0.497 e. The van der Waals surface area contributed by atoms with Crippen LogP contribution in [0.3, 0.4) is 0 Å². The van der Waals surface area contributed by atoms with E-state index >= 15 is 0 Å². The van der Waals surface area contributed by atoms with Crippen LogP contribution in [-0.2, 0) is 0 Å². The zero-order chi connectivity index (χ0) is 13.8. The quantitative estimate of drug-likeness (QED) is 0.919. The van der Waals surface area contributed by atoms with Crippen molar-refractivity contribution >= 4 is 0 Å². The summed E-state index contributed by atoms with van der Waals surface area (Å²) in [6, 6.07) is 6.29. The summed E-state index contributed by atoms with van der Waals surface area (Å²) >= 11 is 0. The van der Waals surface area contributed by atoms with Gasteiger partial charge in [0.2, 0.25) is 0 Å². The molecule has 19 heavy (non-hydrogen) atoms. The smallest absolute Gasteiger partial charge is 0.141 e. The van der Waals surface area contributed by atoms with E-state index in [1.54, 1.807) is 18.2 Å². The first-order valence-electron chi connectivity index (χ1n) is 5.66. The van der Waals surface area contributed by atoms with Crippen LogP contribution in [0.15, 0.2) is 36.7 Å². The maximum absolute atomic E-state index is 13.1. The number of rotatable bonds is 4. The molecule has 0 saturated carbocycles. The molecule has 0 spiro atoms. The molecule has 0 aliphatic heterocycles. The molecule has 1 atom stereocenters. The lowest BCUT2D eigenvalue weighted by Gasteiger charge is -2.16. The Morgan fingerprint density at radius 3 is 2.58 bits per heavy atom. The van der Waals surface area contributed by atoms with Crippen molar-refractivity contribution in [1.29, 1.82) is 0 Å². The SMILES string of the molecule is COc1ccc(OC)c(C(O)c2cncc(F)c2)c1. The first-order chi connectivity index (χ1) is 9.15. The Bertz CT molecular complexity index is 574. The average molecular weight is 263 g/mol. The molecule has 1 aromatic carbocycles. The number of halogens is 1. The van der Waals surface area contributed by atoms with Crippen molar-refractivity contribution in [2.45, 2.75) is 6.10 Å². The number of methoxy groups -OCH3 is 2. The summed E-state index contributed by atoms with van der Waals surface area (Å²) < 4.78 is 23.4. The fourth-order valence-electron chi connectivity index (χ4n) is 1.81. The Labute approximate surface area is 110 Å². The van der Waals surface area contributed by atoms with Crippen LogP contribution in [0.5, 0.6) is 11.5 Å². The summed E-state index contributed by atoms with van der Waals surface area (Å²) in [4.78, 5) is 3.72. The van der Waals surface area contributed by atoms with Gasteiger partial charge in [-0.1, -0.05) is 0 Å². The molecule has 0 amide bonds. The molecular formula is C14H14FNO3. The Morgan fingerprint density at radius 1 is 1.16 bits per heavy atom. The lowest BCUT2D eigenvalue weighted by atomic mass is 10.0. The summed E-state index contributed by atoms with van der Waals surface area (Å²) in [7, 11) is 3.03. The molecule has 1 N–H and O–H groups in total. The van der Waals surface area contributed by atoms with Crippen LogP contribution in [0.1, 0.15) is 17.2 Å². The normalized spacial score (nSPS) is 12.0. The van der Waals surface area contributed by atoms with E-state index in [1.807, 2.05) is 0 Å². The maximum Gasteiger partial charge on any atom is 0.141 e. The zero-order valence-corrected chi connectivity index (χ0v) is 10.6. The molecule has 5 heteroatoms. The topological polar surface area (TPSA) is 51.6 Å². The summed E-state index contributed by atoms with van der Waals surface area (Å²) in [5.74, 6) is 0.579. The van der Waals surface area contributed by atoms with Crippen molar-refractivity contribution in [1.82, 2.24) is 4.98 Å². The number of hydrogen-bond donors (Lipinski definition) is 1. The third-order valence-electron chi connectivity index (χ3n) is 2.77. The third kappa shape index (κ3) is 2.82. The Hall–Kier alpha value is -2.14. The number of aromatic nitrogens is 1. The number of ether oxygens (including phenoxy) is 2. The zero-order valence-electron chi connectivity index (χ0n) is 10.6. The van der Waals surface area contributed by atoms with Gasteiger partial charge in [0, 0.05) is 17.3 Å².